The Morgan fingerprint density at radius 1 is 1.03 bits per heavy atom. The van der Waals surface area contributed by atoms with Gasteiger partial charge in [0.2, 0.25) is 10.0 Å². The highest BCUT2D eigenvalue weighted by Gasteiger charge is 2.38. The molecule has 37 heavy (non-hydrogen) atoms. The first kappa shape index (κ1) is 27.1. The average Bonchev–Trinajstić information content (AvgIpc) is 2.90. The number of hydrogen-bond donors (Lipinski definition) is 1. The number of benzene rings is 3. The summed E-state index contributed by atoms with van der Waals surface area (Å²) in [6.07, 6.45) is 3.70. The second-order valence-corrected chi connectivity index (χ2v) is 11.7. The van der Waals surface area contributed by atoms with E-state index < -0.39 is 16.1 Å². The molecule has 7 heteroatoms. The van der Waals surface area contributed by atoms with Gasteiger partial charge in [-0.2, -0.15) is 4.31 Å². The van der Waals surface area contributed by atoms with Gasteiger partial charge in [0.05, 0.1) is 6.61 Å². The van der Waals surface area contributed by atoms with Gasteiger partial charge in [0.25, 0.3) is 0 Å². The molecule has 1 heterocycles. The molecular weight excluding hydrogens is 484 g/mol. The minimum absolute atomic E-state index is 0.0985. The number of hydrogen-bond acceptors (Lipinski definition) is 5. The number of ether oxygens (including phenoxy) is 1. The molecule has 0 bridgehead atoms. The third kappa shape index (κ3) is 6.67. The predicted octanol–water partition coefficient (Wildman–Crippen LogP) is 4.76. The van der Waals surface area contributed by atoms with Crippen LogP contribution in [0.25, 0.3) is 12.2 Å². The van der Waals surface area contributed by atoms with Gasteiger partial charge in [0.15, 0.2) is 0 Å². The van der Waals surface area contributed by atoms with Gasteiger partial charge >= 0.3 is 0 Å². The Morgan fingerprint density at radius 3 is 2.35 bits per heavy atom. The van der Waals surface area contributed by atoms with Gasteiger partial charge in [-0.15, -0.1) is 0 Å². The highest BCUT2D eigenvalue weighted by molar-refractivity contribution is 7.89. The molecule has 6 nitrogen and oxygen atoms in total. The fourth-order valence-electron chi connectivity index (χ4n) is 4.59. The second-order valence-electron chi connectivity index (χ2n) is 9.87. The van der Waals surface area contributed by atoms with E-state index in [0.717, 1.165) is 17.7 Å². The van der Waals surface area contributed by atoms with Crippen molar-refractivity contribution in [2.75, 3.05) is 26.7 Å². The number of sulfonamides is 1. The molecule has 0 radical (unpaired) electrons. The summed E-state index contributed by atoms with van der Waals surface area (Å²) in [6, 6.07) is 24.9. The van der Waals surface area contributed by atoms with Gasteiger partial charge in [-0.3, -0.25) is 4.90 Å². The number of nitrogens with zero attached hydrogens (tertiary/aromatic N) is 2. The number of aliphatic hydroxyl groups excluding tert-OH is 1. The zero-order valence-electron chi connectivity index (χ0n) is 21.7. The highest BCUT2D eigenvalue weighted by atomic mass is 32.2. The van der Waals surface area contributed by atoms with E-state index in [2.05, 4.69) is 17.0 Å². The molecular formula is C30H36N2O4S. The van der Waals surface area contributed by atoms with Crippen LogP contribution in [0, 0.1) is 5.92 Å². The number of rotatable bonds is 8. The van der Waals surface area contributed by atoms with E-state index in [-0.39, 0.29) is 30.1 Å². The maximum Gasteiger partial charge on any atom is 0.247 e. The molecule has 0 amide bonds. The van der Waals surface area contributed by atoms with Crippen molar-refractivity contribution in [3.63, 3.8) is 0 Å². The van der Waals surface area contributed by atoms with Crippen LogP contribution < -0.4 is 4.74 Å². The van der Waals surface area contributed by atoms with Crippen molar-refractivity contribution in [1.29, 1.82) is 0 Å². The van der Waals surface area contributed by atoms with Crippen molar-refractivity contribution < 1.29 is 18.3 Å². The molecule has 0 aliphatic carbocycles. The van der Waals surface area contributed by atoms with Crippen LogP contribution in [-0.2, 0) is 16.6 Å². The Hall–Kier alpha value is -2.97. The molecule has 0 fully saturated rings. The lowest BCUT2D eigenvalue weighted by molar-refractivity contribution is 0.0733. The van der Waals surface area contributed by atoms with Crippen molar-refractivity contribution in [3.8, 4) is 5.75 Å². The summed E-state index contributed by atoms with van der Waals surface area (Å²) < 4.78 is 35.3. The molecule has 0 saturated heterocycles. The smallest absolute Gasteiger partial charge is 0.247 e. The van der Waals surface area contributed by atoms with E-state index in [1.807, 2.05) is 74.7 Å². The van der Waals surface area contributed by atoms with Gasteiger partial charge in [-0.25, -0.2) is 8.42 Å². The fourth-order valence-corrected chi connectivity index (χ4v) is 6.41. The van der Waals surface area contributed by atoms with Crippen LogP contribution in [0.2, 0.25) is 0 Å². The normalized spacial score (nSPS) is 20.7. The van der Waals surface area contributed by atoms with Crippen LogP contribution in [0.3, 0.4) is 0 Å². The quantitative estimate of drug-likeness (QED) is 0.434. The monoisotopic (exact) mass is 520 g/mol. The first-order valence-electron chi connectivity index (χ1n) is 12.7. The van der Waals surface area contributed by atoms with Crippen LogP contribution in [0.15, 0.2) is 83.8 Å². The van der Waals surface area contributed by atoms with Crippen molar-refractivity contribution in [2.45, 2.75) is 37.4 Å². The summed E-state index contributed by atoms with van der Waals surface area (Å²) in [5, 5.41) is 9.86. The van der Waals surface area contributed by atoms with Gasteiger partial charge < -0.3 is 9.84 Å². The molecule has 1 aliphatic heterocycles. The van der Waals surface area contributed by atoms with Crippen LogP contribution >= 0.6 is 0 Å². The molecule has 3 aromatic carbocycles. The maximum atomic E-state index is 13.7. The van der Waals surface area contributed by atoms with Gasteiger partial charge in [0, 0.05) is 31.6 Å². The lowest BCUT2D eigenvalue weighted by Gasteiger charge is -2.37. The molecule has 196 valence electrons. The van der Waals surface area contributed by atoms with Gasteiger partial charge in [-0.1, -0.05) is 85.8 Å². The number of fused-ring (bicyclic) bond motifs is 1. The van der Waals surface area contributed by atoms with Crippen LogP contribution in [0.1, 0.15) is 30.5 Å². The van der Waals surface area contributed by atoms with Crippen LogP contribution in [-0.4, -0.2) is 61.6 Å². The van der Waals surface area contributed by atoms with E-state index in [9.17, 15) is 13.5 Å². The van der Waals surface area contributed by atoms with E-state index >= 15 is 0 Å². The van der Waals surface area contributed by atoms with Crippen LogP contribution in [0.4, 0.5) is 0 Å². The first-order valence-corrected chi connectivity index (χ1v) is 14.1. The SMILES string of the molecule is C[C@H]1CN([C@@H](C)CO)S(=O)(=O)c2ccc(/C=C/c3ccccc3)cc2O[C@H]1CN(C)Cc1ccccc1. The third-order valence-corrected chi connectivity index (χ3v) is 8.77. The largest absolute Gasteiger partial charge is 0.487 e. The second kappa shape index (κ2) is 12.0. The number of likely N-dealkylation sites (N-methyl/N-ethyl adjacent to an activating group) is 1. The van der Waals surface area contributed by atoms with Crippen molar-refractivity contribution in [3.05, 3.63) is 95.6 Å². The predicted molar refractivity (Wildman–Crippen MR) is 149 cm³/mol. The van der Waals surface area contributed by atoms with E-state index in [4.69, 9.17) is 4.74 Å². The molecule has 3 atom stereocenters. The Morgan fingerprint density at radius 2 is 1.68 bits per heavy atom. The topological polar surface area (TPSA) is 70.1 Å². The van der Waals surface area contributed by atoms with E-state index in [1.54, 1.807) is 25.1 Å². The standard InChI is InChI=1S/C30H36N2O4S/c1-23-19-32(24(2)22-33)37(34,35)30-17-16-26(15-14-25-10-6-4-7-11-25)18-28(30)36-29(23)21-31(3)20-27-12-8-5-9-13-27/h4-18,23-24,29,33H,19-22H2,1-3H3/b15-14+/t23-,24-,29-/m0/s1. The average molecular weight is 521 g/mol. The molecule has 4 rings (SSSR count). The zero-order chi connectivity index (χ0) is 26.4. The summed E-state index contributed by atoms with van der Waals surface area (Å²) >= 11 is 0. The Balaban J connectivity index is 1.68. The summed E-state index contributed by atoms with van der Waals surface area (Å²) in [7, 11) is -1.81. The zero-order valence-corrected chi connectivity index (χ0v) is 22.5. The Bertz CT molecular complexity index is 1300. The third-order valence-electron chi connectivity index (χ3n) is 6.75. The fraction of sp³-hybridized carbons (Fsp3) is 0.333. The molecule has 0 aromatic heterocycles. The molecule has 1 aliphatic rings. The van der Waals surface area contributed by atoms with Gasteiger partial charge in [-0.05, 0) is 42.8 Å². The minimum atomic E-state index is -3.86. The van der Waals surface area contributed by atoms with E-state index in [0.29, 0.717) is 12.3 Å². The summed E-state index contributed by atoms with van der Waals surface area (Å²) in [4.78, 5) is 2.33. The lowest BCUT2D eigenvalue weighted by Crippen LogP contribution is -2.49. The molecule has 1 N–H and O–H groups in total. The Kier molecular flexibility index (Phi) is 8.82. The molecule has 0 unspecified atom stereocenters. The van der Waals surface area contributed by atoms with E-state index in [1.165, 1.54) is 9.87 Å². The maximum absolute atomic E-state index is 13.7. The highest BCUT2D eigenvalue weighted by Crippen LogP contribution is 2.34. The summed E-state index contributed by atoms with van der Waals surface area (Å²) in [6.45, 7) is 5.15. The molecule has 0 saturated carbocycles. The molecule has 3 aromatic rings. The summed E-state index contributed by atoms with van der Waals surface area (Å²) in [5.41, 5.74) is 3.11. The van der Waals surface area contributed by atoms with Crippen LogP contribution in [0.5, 0.6) is 5.75 Å². The lowest BCUT2D eigenvalue weighted by atomic mass is 10.0. The first-order chi connectivity index (χ1) is 17.8. The van der Waals surface area contributed by atoms with Crippen molar-refractivity contribution in [2.24, 2.45) is 5.92 Å². The van der Waals surface area contributed by atoms with Crippen molar-refractivity contribution >= 4 is 22.2 Å². The minimum Gasteiger partial charge on any atom is -0.487 e. The van der Waals surface area contributed by atoms with Gasteiger partial charge in [0.1, 0.15) is 16.7 Å². The Labute approximate surface area is 220 Å². The number of aliphatic hydroxyl groups is 1. The summed E-state index contributed by atoms with van der Waals surface area (Å²) in [5.74, 6) is 0.244. The molecule has 0 spiro atoms. The van der Waals surface area contributed by atoms with Crippen molar-refractivity contribution in [1.82, 2.24) is 9.21 Å².